The number of rotatable bonds is 4. The van der Waals surface area contributed by atoms with E-state index >= 15 is 0 Å². The molecule has 1 aliphatic carbocycles. The van der Waals surface area contributed by atoms with Gasteiger partial charge in [-0.15, -0.1) is 0 Å². The summed E-state index contributed by atoms with van der Waals surface area (Å²) < 4.78 is 0. The third-order valence-electron chi connectivity index (χ3n) is 3.71. The zero-order chi connectivity index (χ0) is 13.2. The fourth-order valence-electron chi connectivity index (χ4n) is 2.62. The summed E-state index contributed by atoms with van der Waals surface area (Å²) in [7, 11) is -0.941. The third kappa shape index (κ3) is 3.33. The Morgan fingerprint density at radius 3 is 2.61 bits per heavy atom. The largest absolute Gasteiger partial charge is 0.388 e. The maximum Gasteiger partial charge on any atom is 0.0858 e. The molecule has 0 radical (unpaired) electrons. The molecular formula is C16H24OSi. The summed E-state index contributed by atoms with van der Waals surface area (Å²) >= 11 is 0. The second-order valence-corrected chi connectivity index (χ2v) is 12.2. The van der Waals surface area contributed by atoms with Gasteiger partial charge in [0.05, 0.1) is 6.10 Å². The first-order valence-electron chi connectivity index (χ1n) is 6.92. The predicted molar refractivity (Wildman–Crippen MR) is 81.3 cm³/mol. The molecule has 2 atom stereocenters. The van der Waals surface area contributed by atoms with E-state index < -0.39 is 8.07 Å². The summed E-state index contributed by atoms with van der Waals surface area (Å²) in [5.41, 5.74) is 2.27. The molecule has 0 aliphatic heterocycles. The molecule has 0 spiro atoms. The average molecular weight is 260 g/mol. The summed E-state index contributed by atoms with van der Waals surface area (Å²) in [5.74, 6) is 0.302. The molecule has 1 aliphatic rings. The van der Waals surface area contributed by atoms with Crippen molar-refractivity contribution in [3.63, 3.8) is 0 Å². The van der Waals surface area contributed by atoms with Gasteiger partial charge >= 0.3 is 0 Å². The average Bonchev–Trinajstić information content (AvgIpc) is 2.31. The Hall–Kier alpha value is -0.863. The van der Waals surface area contributed by atoms with E-state index in [-0.39, 0.29) is 6.10 Å². The van der Waals surface area contributed by atoms with Gasteiger partial charge in [0.2, 0.25) is 0 Å². The van der Waals surface area contributed by atoms with Gasteiger partial charge in [0, 0.05) is 14.0 Å². The van der Waals surface area contributed by atoms with Crippen LogP contribution in [0.5, 0.6) is 0 Å². The summed E-state index contributed by atoms with van der Waals surface area (Å²) in [6.45, 7) is 7.24. The second kappa shape index (κ2) is 5.41. The van der Waals surface area contributed by atoms with Crippen molar-refractivity contribution in [1.29, 1.82) is 0 Å². The Balaban J connectivity index is 1.97. The molecule has 98 valence electrons. The SMILES string of the molecule is C[Si](C)(C)CCC[C@H]1C=Cc2ccccc2[C@H]1O. The molecule has 2 rings (SSSR count). The fraction of sp³-hybridized carbons (Fsp3) is 0.500. The normalized spacial score (nSPS) is 22.9. The van der Waals surface area contributed by atoms with E-state index in [1.54, 1.807) is 0 Å². The van der Waals surface area contributed by atoms with Crippen LogP contribution in [0.4, 0.5) is 0 Å². The van der Waals surface area contributed by atoms with Crippen LogP contribution in [0.2, 0.25) is 25.7 Å². The Morgan fingerprint density at radius 1 is 1.17 bits per heavy atom. The molecule has 1 aromatic carbocycles. The lowest BCUT2D eigenvalue weighted by molar-refractivity contribution is 0.125. The van der Waals surface area contributed by atoms with Crippen molar-refractivity contribution in [2.75, 3.05) is 0 Å². The van der Waals surface area contributed by atoms with Gasteiger partial charge < -0.3 is 5.11 Å². The highest BCUT2D eigenvalue weighted by Gasteiger charge is 2.24. The number of aliphatic hydroxyl groups excluding tert-OH is 1. The van der Waals surface area contributed by atoms with Gasteiger partial charge in [-0.25, -0.2) is 0 Å². The van der Waals surface area contributed by atoms with Crippen LogP contribution in [0, 0.1) is 5.92 Å². The first-order chi connectivity index (χ1) is 8.47. The molecule has 1 N–H and O–H groups in total. The Labute approximate surface area is 112 Å². The lowest BCUT2D eigenvalue weighted by Gasteiger charge is -2.26. The lowest BCUT2D eigenvalue weighted by atomic mass is 9.84. The fourth-order valence-corrected chi connectivity index (χ4v) is 3.88. The van der Waals surface area contributed by atoms with E-state index in [2.05, 4.69) is 43.9 Å². The van der Waals surface area contributed by atoms with Crippen molar-refractivity contribution in [3.05, 3.63) is 41.5 Å². The number of benzene rings is 1. The predicted octanol–water partition coefficient (Wildman–Crippen LogP) is 4.48. The Bertz CT molecular complexity index is 431. The molecule has 0 bridgehead atoms. The van der Waals surface area contributed by atoms with Crippen molar-refractivity contribution >= 4 is 14.1 Å². The summed E-state index contributed by atoms with van der Waals surface area (Å²) in [6.07, 6.45) is 6.39. The first-order valence-corrected chi connectivity index (χ1v) is 10.6. The van der Waals surface area contributed by atoms with Crippen LogP contribution in [-0.2, 0) is 0 Å². The summed E-state index contributed by atoms with van der Waals surface area (Å²) in [6, 6.07) is 9.52. The van der Waals surface area contributed by atoms with Gasteiger partial charge in [-0.2, -0.15) is 0 Å². The topological polar surface area (TPSA) is 20.2 Å². The minimum atomic E-state index is -0.941. The highest BCUT2D eigenvalue weighted by Crippen LogP contribution is 2.35. The minimum absolute atomic E-state index is 0.302. The van der Waals surface area contributed by atoms with E-state index in [1.165, 1.54) is 18.0 Å². The van der Waals surface area contributed by atoms with Crippen molar-refractivity contribution < 1.29 is 5.11 Å². The molecule has 0 amide bonds. The van der Waals surface area contributed by atoms with E-state index in [4.69, 9.17) is 0 Å². The molecule has 18 heavy (non-hydrogen) atoms. The van der Waals surface area contributed by atoms with Gasteiger partial charge in [0.1, 0.15) is 0 Å². The van der Waals surface area contributed by atoms with Crippen molar-refractivity contribution in [1.82, 2.24) is 0 Å². The van der Waals surface area contributed by atoms with Crippen LogP contribution in [0.15, 0.2) is 30.3 Å². The molecule has 1 aromatic rings. The molecule has 0 fully saturated rings. The van der Waals surface area contributed by atoms with Gasteiger partial charge in [0.25, 0.3) is 0 Å². The monoisotopic (exact) mass is 260 g/mol. The van der Waals surface area contributed by atoms with Crippen LogP contribution >= 0.6 is 0 Å². The van der Waals surface area contributed by atoms with Crippen LogP contribution in [0.25, 0.3) is 6.08 Å². The van der Waals surface area contributed by atoms with E-state index in [9.17, 15) is 5.11 Å². The van der Waals surface area contributed by atoms with Crippen LogP contribution < -0.4 is 0 Å². The minimum Gasteiger partial charge on any atom is -0.388 e. The maximum absolute atomic E-state index is 10.4. The summed E-state index contributed by atoms with van der Waals surface area (Å²) in [4.78, 5) is 0. The van der Waals surface area contributed by atoms with Crippen molar-refractivity contribution in [2.45, 2.75) is 44.6 Å². The maximum atomic E-state index is 10.4. The van der Waals surface area contributed by atoms with E-state index in [1.807, 2.05) is 12.1 Å². The quantitative estimate of drug-likeness (QED) is 0.791. The van der Waals surface area contributed by atoms with Gasteiger partial charge in [-0.1, -0.05) is 68.5 Å². The van der Waals surface area contributed by atoms with Crippen LogP contribution in [0.3, 0.4) is 0 Å². The molecular weight excluding hydrogens is 236 g/mol. The molecule has 1 nitrogen and oxygen atoms in total. The van der Waals surface area contributed by atoms with Crippen molar-refractivity contribution in [2.24, 2.45) is 5.92 Å². The number of fused-ring (bicyclic) bond motifs is 1. The number of aliphatic hydroxyl groups is 1. The van der Waals surface area contributed by atoms with Crippen molar-refractivity contribution in [3.8, 4) is 0 Å². The Morgan fingerprint density at radius 2 is 1.89 bits per heavy atom. The second-order valence-electron chi connectivity index (χ2n) is 6.55. The zero-order valence-corrected chi connectivity index (χ0v) is 12.7. The van der Waals surface area contributed by atoms with Gasteiger partial charge in [0.15, 0.2) is 0 Å². The molecule has 2 heteroatoms. The molecule has 0 unspecified atom stereocenters. The first kappa shape index (κ1) is 13.6. The van der Waals surface area contributed by atoms with Crippen LogP contribution in [-0.4, -0.2) is 13.2 Å². The Kier molecular flexibility index (Phi) is 4.08. The zero-order valence-electron chi connectivity index (χ0n) is 11.7. The highest BCUT2D eigenvalue weighted by molar-refractivity contribution is 6.76. The van der Waals surface area contributed by atoms with Gasteiger partial charge in [-0.3, -0.25) is 0 Å². The molecule has 0 aromatic heterocycles. The molecule has 0 saturated heterocycles. The number of hydrogen-bond donors (Lipinski definition) is 1. The van der Waals surface area contributed by atoms with E-state index in [0.717, 1.165) is 12.0 Å². The lowest BCUT2D eigenvalue weighted by Crippen LogP contribution is -2.20. The standard InChI is InChI=1S/C16H24OSi/c1-18(2,3)12-6-8-14-11-10-13-7-4-5-9-15(13)16(14)17/h4-5,7,9-11,14,16-17H,6,8,12H2,1-3H3/t14-,16-/m0/s1. The molecule has 0 saturated carbocycles. The number of hydrogen-bond acceptors (Lipinski definition) is 1. The smallest absolute Gasteiger partial charge is 0.0858 e. The highest BCUT2D eigenvalue weighted by atomic mass is 28.3. The summed E-state index contributed by atoms with van der Waals surface area (Å²) in [5, 5.41) is 10.4. The van der Waals surface area contributed by atoms with Crippen LogP contribution in [0.1, 0.15) is 30.1 Å². The molecule has 0 heterocycles. The van der Waals surface area contributed by atoms with E-state index in [0.29, 0.717) is 5.92 Å². The van der Waals surface area contributed by atoms with Gasteiger partial charge in [-0.05, 0) is 17.5 Å². The third-order valence-corrected chi connectivity index (χ3v) is 5.56.